The van der Waals surface area contributed by atoms with Crippen LogP contribution in [0, 0.1) is 16.5 Å². The third-order valence-electron chi connectivity index (χ3n) is 3.56. The fraction of sp³-hybridized carbons (Fsp3) is 0.462. The zero-order valence-corrected chi connectivity index (χ0v) is 10.6. The van der Waals surface area contributed by atoms with Crippen molar-refractivity contribution in [3.63, 3.8) is 0 Å². The molecule has 1 aliphatic rings. The maximum atomic E-state index is 13.3. The van der Waals surface area contributed by atoms with E-state index < -0.39 is 0 Å². The number of nitrogens with zero attached hydrogens (tertiary/aromatic N) is 1. The molecule has 17 heavy (non-hydrogen) atoms. The third-order valence-corrected chi connectivity index (χ3v) is 3.85. The fourth-order valence-corrected chi connectivity index (χ4v) is 3.00. The Morgan fingerprint density at radius 1 is 1.53 bits per heavy atom. The molecule has 2 aromatic rings. The van der Waals surface area contributed by atoms with Crippen LogP contribution in [-0.4, -0.2) is 9.55 Å². The minimum atomic E-state index is -0.201. The van der Waals surface area contributed by atoms with Crippen molar-refractivity contribution in [2.45, 2.75) is 32.2 Å². The zero-order valence-electron chi connectivity index (χ0n) is 9.74. The number of imidazole rings is 1. The van der Waals surface area contributed by atoms with Gasteiger partial charge in [0.05, 0.1) is 11.0 Å². The SMILES string of the molecule is CCCC1CC1n1c(=S)[nH]c2ccc(F)cc21. The summed E-state index contributed by atoms with van der Waals surface area (Å²) < 4.78 is 16.1. The predicted octanol–water partition coefficient (Wildman–Crippen LogP) is 4.20. The number of hydrogen-bond donors (Lipinski definition) is 1. The molecule has 1 heterocycles. The minimum Gasteiger partial charge on any atom is -0.331 e. The highest BCUT2D eigenvalue weighted by Crippen LogP contribution is 2.47. The number of halogens is 1. The average molecular weight is 250 g/mol. The Bertz CT molecular complexity index is 613. The van der Waals surface area contributed by atoms with Gasteiger partial charge in [-0.05, 0) is 49.2 Å². The van der Waals surface area contributed by atoms with Crippen LogP contribution < -0.4 is 0 Å². The van der Waals surface area contributed by atoms with Crippen LogP contribution in [0.1, 0.15) is 32.2 Å². The van der Waals surface area contributed by atoms with Crippen molar-refractivity contribution in [1.82, 2.24) is 9.55 Å². The lowest BCUT2D eigenvalue weighted by molar-refractivity contribution is 0.608. The second kappa shape index (κ2) is 3.95. The van der Waals surface area contributed by atoms with Crippen molar-refractivity contribution in [3.8, 4) is 0 Å². The van der Waals surface area contributed by atoms with Gasteiger partial charge >= 0.3 is 0 Å². The van der Waals surface area contributed by atoms with E-state index in [1.165, 1.54) is 25.3 Å². The molecule has 1 aromatic heterocycles. The summed E-state index contributed by atoms with van der Waals surface area (Å²) in [5.41, 5.74) is 1.83. The van der Waals surface area contributed by atoms with Gasteiger partial charge in [0, 0.05) is 6.04 Å². The van der Waals surface area contributed by atoms with Crippen LogP contribution in [0.3, 0.4) is 0 Å². The number of rotatable bonds is 3. The first-order valence-electron chi connectivity index (χ1n) is 6.10. The molecular weight excluding hydrogens is 235 g/mol. The molecule has 4 heteroatoms. The standard InChI is InChI=1S/C13H15FN2S/c1-2-3-8-6-11(8)16-12-7-9(14)4-5-10(12)15-13(16)17/h4-5,7-8,11H,2-3,6H2,1H3,(H,15,17). The molecule has 0 bridgehead atoms. The highest BCUT2D eigenvalue weighted by atomic mass is 32.1. The summed E-state index contributed by atoms with van der Waals surface area (Å²) in [6, 6.07) is 5.27. The normalized spacial score (nSPS) is 23.2. The summed E-state index contributed by atoms with van der Waals surface area (Å²) in [4.78, 5) is 3.15. The van der Waals surface area contributed by atoms with Crippen molar-refractivity contribution in [1.29, 1.82) is 0 Å². The number of nitrogens with one attached hydrogen (secondary N) is 1. The summed E-state index contributed by atoms with van der Waals surface area (Å²) >= 11 is 5.33. The summed E-state index contributed by atoms with van der Waals surface area (Å²) in [5.74, 6) is 0.516. The van der Waals surface area contributed by atoms with Gasteiger partial charge in [0.15, 0.2) is 4.77 Å². The highest BCUT2D eigenvalue weighted by Gasteiger charge is 2.38. The molecule has 0 aliphatic heterocycles. The van der Waals surface area contributed by atoms with Crippen LogP contribution in [-0.2, 0) is 0 Å². The van der Waals surface area contributed by atoms with Crippen LogP contribution in [0.2, 0.25) is 0 Å². The van der Waals surface area contributed by atoms with Crippen LogP contribution >= 0.6 is 12.2 Å². The van der Waals surface area contributed by atoms with E-state index in [1.807, 2.05) is 0 Å². The van der Waals surface area contributed by atoms with Crippen molar-refractivity contribution < 1.29 is 4.39 Å². The Balaban J connectivity index is 2.07. The van der Waals surface area contributed by atoms with E-state index in [9.17, 15) is 4.39 Å². The number of hydrogen-bond acceptors (Lipinski definition) is 1. The van der Waals surface area contributed by atoms with Crippen molar-refractivity contribution >= 4 is 23.3 Å². The Hall–Kier alpha value is -1.16. The maximum absolute atomic E-state index is 13.3. The number of H-pyrrole nitrogens is 1. The Kier molecular flexibility index (Phi) is 2.54. The van der Waals surface area contributed by atoms with Gasteiger partial charge in [-0.3, -0.25) is 0 Å². The molecule has 3 rings (SSSR count). The molecule has 0 spiro atoms. The molecule has 1 saturated carbocycles. The van der Waals surface area contributed by atoms with Gasteiger partial charge in [-0.15, -0.1) is 0 Å². The summed E-state index contributed by atoms with van der Waals surface area (Å²) in [7, 11) is 0. The molecule has 2 atom stereocenters. The predicted molar refractivity (Wildman–Crippen MR) is 69.1 cm³/mol. The number of fused-ring (bicyclic) bond motifs is 1. The molecule has 0 radical (unpaired) electrons. The number of aromatic nitrogens is 2. The van der Waals surface area contributed by atoms with E-state index in [0.29, 0.717) is 16.7 Å². The Morgan fingerprint density at radius 2 is 2.35 bits per heavy atom. The second-order valence-corrected chi connectivity index (χ2v) is 5.20. The van der Waals surface area contributed by atoms with E-state index in [4.69, 9.17) is 12.2 Å². The van der Waals surface area contributed by atoms with Crippen molar-refractivity contribution in [2.75, 3.05) is 0 Å². The lowest BCUT2D eigenvalue weighted by atomic mass is 10.2. The fourth-order valence-electron chi connectivity index (χ4n) is 2.65. The molecule has 2 nitrogen and oxygen atoms in total. The summed E-state index contributed by atoms with van der Waals surface area (Å²) in [5, 5.41) is 0. The van der Waals surface area contributed by atoms with E-state index in [-0.39, 0.29) is 5.82 Å². The molecule has 1 aliphatic carbocycles. The van der Waals surface area contributed by atoms with Gasteiger partial charge in [0.2, 0.25) is 0 Å². The van der Waals surface area contributed by atoms with Gasteiger partial charge in [0.1, 0.15) is 5.82 Å². The van der Waals surface area contributed by atoms with E-state index in [1.54, 1.807) is 12.1 Å². The third kappa shape index (κ3) is 1.80. The van der Waals surface area contributed by atoms with Crippen LogP contribution in [0.15, 0.2) is 18.2 Å². The van der Waals surface area contributed by atoms with Gasteiger partial charge in [-0.2, -0.15) is 0 Å². The molecule has 0 saturated heterocycles. The molecule has 90 valence electrons. The number of benzene rings is 1. The monoisotopic (exact) mass is 250 g/mol. The topological polar surface area (TPSA) is 20.7 Å². The average Bonchev–Trinajstić information content (AvgIpc) is 2.94. The van der Waals surface area contributed by atoms with Gasteiger partial charge in [-0.25, -0.2) is 4.39 Å². The molecule has 1 fully saturated rings. The van der Waals surface area contributed by atoms with Gasteiger partial charge < -0.3 is 9.55 Å². The lowest BCUT2D eigenvalue weighted by Gasteiger charge is -2.03. The van der Waals surface area contributed by atoms with E-state index in [0.717, 1.165) is 11.0 Å². The second-order valence-electron chi connectivity index (χ2n) is 4.81. The molecule has 1 N–H and O–H groups in total. The maximum Gasteiger partial charge on any atom is 0.178 e. The Morgan fingerprint density at radius 3 is 3.12 bits per heavy atom. The highest BCUT2D eigenvalue weighted by molar-refractivity contribution is 7.71. The van der Waals surface area contributed by atoms with Crippen LogP contribution in [0.4, 0.5) is 4.39 Å². The van der Waals surface area contributed by atoms with E-state index >= 15 is 0 Å². The number of aromatic amines is 1. The first-order chi connectivity index (χ1) is 8.20. The van der Waals surface area contributed by atoms with Crippen LogP contribution in [0.5, 0.6) is 0 Å². The first kappa shape index (κ1) is 11.0. The van der Waals surface area contributed by atoms with Crippen molar-refractivity contribution in [3.05, 3.63) is 28.8 Å². The smallest absolute Gasteiger partial charge is 0.178 e. The molecular formula is C13H15FN2S. The van der Waals surface area contributed by atoms with Crippen molar-refractivity contribution in [2.24, 2.45) is 5.92 Å². The summed E-state index contributed by atoms with van der Waals surface area (Å²) in [6.45, 7) is 2.20. The van der Waals surface area contributed by atoms with Gasteiger partial charge in [-0.1, -0.05) is 13.3 Å². The van der Waals surface area contributed by atoms with Gasteiger partial charge in [0.25, 0.3) is 0 Å². The first-order valence-corrected chi connectivity index (χ1v) is 6.51. The zero-order chi connectivity index (χ0) is 12.0. The minimum absolute atomic E-state index is 0.201. The molecule has 2 unspecified atom stereocenters. The quantitative estimate of drug-likeness (QED) is 0.810. The van der Waals surface area contributed by atoms with Crippen LogP contribution in [0.25, 0.3) is 11.0 Å². The molecule has 0 amide bonds. The summed E-state index contributed by atoms with van der Waals surface area (Å²) in [6.07, 6.45) is 3.60. The lowest BCUT2D eigenvalue weighted by Crippen LogP contribution is -1.96. The van der Waals surface area contributed by atoms with E-state index in [2.05, 4.69) is 16.5 Å². The largest absolute Gasteiger partial charge is 0.331 e. The molecule has 1 aromatic carbocycles. The Labute approximate surface area is 104 Å².